The van der Waals surface area contributed by atoms with Gasteiger partial charge >= 0.3 is 17.1 Å². The van der Waals surface area contributed by atoms with E-state index in [-0.39, 0.29) is 55.1 Å². The lowest BCUT2D eigenvalue weighted by Gasteiger charge is -2.19. The van der Waals surface area contributed by atoms with Gasteiger partial charge in [-0.15, -0.1) is 0 Å². The summed E-state index contributed by atoms with van der Waals surface area (Å²) in [4.78, 5) is 77.7. The van der Waals surface area contributed by atoms with Gasteiger partial charge in [-0.25, -0.2) is 14.4 Å². The van der Waals surface area contributed by atoms with Gasteiger partial charge in [0.2, 0.25) is 0 Å². The van der Waals surface area contributed by atoms with Crippen LogP contribution >= 0.6 is 81.1 Å². The number of H-pyrrole nitrogens is 3. The van der Waals surface area contributed by atoms with E-state index >= 15 is 0 Å². The smallest absolute Gasteiger partial charge is 0.330 e. The summed E-state index contributed by atoms with van der Waals surface area (Å²) in [5.41, 5.74) is -3.26. The Morgan fingerprint density at radius 3 is 1.25 bits per heavy atom. The van der Waals surface area contributed by atoms with E-state index in [1.165, 1.54) is 59.9 Å². The zero-order chi connectivity index (χ0) is 41.8. The number of aliphatic hydroxyl groups is 3. The van der Waals surface area contributed by atoms with Crippen molar-refractivity contribution >= 4 is 89.2 Å². The average molecular weight is 1070 g/mol. The summed E-state index contributed by atoms with van der Waals surface area (Å²) in [5, 5.41) is 28.9. The maximum absolute atomic E-state index is 12.2. The van der Waals surface area contributed by atoms with Crippen molar-refractivity contribution in [3.8, 4) is 0 Å². The Kier molecular flexibility index (Phi) is 16.7. The minimum absolute atomic E-state index is 0.0691. The van der Waals surface area contributed by atoms with Crippen molar-refractivity contribution in [2.75, 3.05) is 25.6 Å². The second-order valence-corrected chi connectivity index (χ2v) is 26.8. The van der Waals surface area contributed by atoms with Crippen LogP contribution in [-0.2, 0) is 14.2 Å². The van der Waals surface area contributed by atoms with E-state index in [0.717, 1.165) is 5.75 Å². The minimum Gasteiger partial charge on any atom is -0.394 e. The Morgan fingerprint density at radius 2 is 0.930 bits per heavy atom. The van der Waals surface area contributed by atoms with Gasteiger partial charge < -0.3 is 29.5 Å². The first kappa shape index (κ1) is 46.6. The van der Waals surface area contributed by atoms with Gasteiger partial charge in [-0.3, -0.25) is 43.0 Å². The summed E-state index contributed by atoms with van der Waals surface area (Å²) in [7, 11) is 1.79. The highest BCUT2D eigenvalue weighted by Crippen LogP contribution is 2.47. The molecule has 0 radical (unpaired) electrons. The molecule has 0 amide bonds. The number of rotatable bonds is 13. The zero-order valence-electron chi connectivity index (χ0n) is 30.8. The fourth-order valence-electron chi connectivity index (χ4n) is 6.17. The molecule has 0 bridgehead atoms. The fraction of sp³-hybridized carbons (Fsp3) is 0.625. The van der Waals surface area contributed by atoms with E-state index in [0.29, 0.717) is 19.3 Å². The molecule has 3 fully saturated rings. The van der Waals surface area contributed by atoms with E-state index in [2.05, 4.69) is 82.4 Å². The number of aliphatic hydroxyl groups excluding tert-OH is 3. The van der Waals surface area contributed by atoms with E-state index < -0.39 is 72.7 Å². The Balaban J connectivity index is 0.000000235. The summed E-state index contributed by atoms with van der Waals surface area (Å²) in [6.45, 7) is 6.41. The molecule has 57 heavy (non-hydrogen) atoms. The van der Waals surface area contributed by atoms with Crippen LogP contribution in [0.15, 0.2) is 60.8 Å². The number of nitrogens with zero attached hydrogens (tertiary/aromatic N) is 3. The van der Waals surface area contributed by atoms with Crippen LogP contribution in [0.2, 0.25) is 25.7 Å². The molecule has 25 heteroatoms. The van der Waals surface area contributed by atoms with Crippen LogP contribution in [0, 0.1) is 0 Å². The number of nitrogens with one attached hydrogen (secondary N) is 3. The molecular formula is C32H43Br3N6O12S3Si. The topological polar surface area (TPSA) is 253 Å². The Morgan fingerprint density at radius 1 is 0.614 bits per heavy atom. The van der Waals surface area contributed by atoms with Gasteiger partial charge in [0.15, 0.2) is 0 Å². The highest BCUT2D eigenvalue weighted by molar-refractivity contribution is 9.11. The molecule has 6 N–H and O–H groups in total. The molecule has 3 saturated heterocycles. The second kappa shape index (κ2) is 20.4. The molecule has 0 aliphatic carbocycles. The third-order valence-electron chi connectivity index (χ3n) is 9.27. The number of halogens is 3. The van der Waals surface area contributed by atoms with Crippen molar-refractivity contribution in [1.29, 1.82) is 0 Å². The summed E-state index contributed by atoms with van der Waals surface area (Å²) in [6, 6.07) is 1.21. The van der Waals surface area contributed by atoms with E-state index in [9.17, 15) is 44.1 Å². The lowest BCUT2D eigenvalue weighted by molar-refractivity contribution is -0.0240. The fourth-order valence-corrected chi connectivity index (χ4v) is 14.4. The summed E-state index contributed by atoms with van der Waals surface area (Å²) in [6.07, 6.45) is 2.41. The quantitative estimate of drug-likeness (QED) is 0.106. The average Bonchev–Trinajstić information content (AvgIpc) is 3.88. The van der Waals surface area contributed by atoms with Gasteiger partial charge in [-0.2, -0.15) is 11.8 Å². The summed E-state index contributed by atoms with van der Waals surface area (Å²) < 4.78 is 22.1. The first-order chi connectivity index (χ1) is 26.9. The van der Waals surface area contributed by atoms with Gasteiger partial charge in [0.1, 0.15) is 18.7 Å². The van der Waals surface area contributed by atoms with E-state index in [4.69, 9.17) is 14.2 Å². The highest BCUT2D eigenvalue weighted by Gasteiger charge is 2.42. The summed E-state index contributed by atoms with van der Waals surface area (Å²) >= 11 is 11.1. The maximum atomic E-state index is 12.2. The maximum Gasteiger partial charge on any atom is 0.330 e. The molecule has 3 aliphatic rings. The zero-order valence-corrected chi connectivity index (χ0v) is 39.0. The van der Waals surface area contributed by atoms with Crippen LogP contribution in [0.5, 0.6) is 0 Å². The molecule has 3 aliphatic heterocycles. The lowest BCUT2D eigenvalue weighted by Crippen LogP contribution is -2.32. The molecule has 6 rings (SSSR count). The highest BCUT2D eigenvalue weighted by atomic mass is 79.9. The molecule has 316 valence electrons. The van der Waals surface area contributed by atoms with Crippen LogP contribution in [0.25, 0.3) is 0 Å². The molecule has 0 unspecified atom stereocenters. The Hall–Kier alpha value is -1.49. The molecule has 0 aromatic carbocycles. The predicted molar refractivity (Wildman–Crippen MR) is 231 cm³/mol. The summed E-state index contributed by atoms with van der Waals surface area (Å²) in [5.74, 6) is 1.04. The predicted octanol–water partition coefficient (Wildman–Crippen LogP) is 2.31. The van der Waals surface area contributed by atoms with Gasteiger partial charge in [0.05, 0.1) is 51.6 Å². The second-order valence-electron chi connectivity index (χ2n) is 14.6. The van der Waals surface area contributed by atoms with Crippen molar-refractivity contribution in [3.05, 3.63) is 94.5 Å². The normalized spacial score (nSPS) is 27.4. The monoisotopic (exact) mass is 1060 g/mol. The molecular weight excluding hydrogens is 1020 g/mol. The molecule has 9 atom stereocenters. The third kappa shape index (κ3) is 11.9. The Bertz CT molecular complexity index is 2130. The number of aromatic amines is 3. The van der Waals surface area contributed by atoms with Gasteiger partial charge in [0, 0.05) is 61.7 Å². The molecule has 18 nitrogen and oxygen atoms in total. The van der Waals surface area contributed by atoms with Crippen molar-refractivity contribution in [1.82, 2.24) is 28.7 Å². The van der Waals surface area contributed by atoms with Gasteiger partial charge in [-0.05, 0) is 59.6 Å². The molecule has 0 spiro atoms. The first-order valence-corrected chi connectivity index (χ1v) is 27.1. The van der Waals surface area contributed by atoms with Crippen LogP contribution in [0.1, 0.15) is 37.9 Å². The van der Waals surface area contributed by atoms with Crippen molar-refractivity contribution < 1.29 is 29.5 Å². The minimum atomic E-state index is -1.09. The van der Waals surface area contributed by atoms with Crippen molar-refractivity contribution in [3.63, 3.8) is 0 Å². The van der Waals surface area contributed by atoms with Crippen LogP contribution in [0.4, 0.5) is 0 Å². The SMILES string of the molecule is C[Si](C)(C)CCS[C@@H]1C[C@H](n2cc(Br)c(=O)[nH]c2=O)O[C@@H]1CO.O=c1[nH]c(=O)n([C@H]2C[C@@H](SS[C@@H]3C[C@H](n4cc(Br)c(=O)[nH]c4=O)O[C@@H]3CO)[C@@H](CO)O2)cc1Br. The molecule has 3 aromatic heterocycles. The number of ether oxygens (including phenoxy) is 3. The number of hydrogen-bond acceptors (Lipinski definition) is 15. The van der Waals surface area contributed by atoms with E-state index in [1.807, 2.05) is 0 Å². The molecule has 6 heterocycles. The molecule has 3 aromatic rings. The van der Waals surface area contributed by atoms with Crippen LogP contribution in [-0.4, -0.2) is 112 Å². The van der Waals surface area contributed by atoms with Gasteiger partial charge in [-0.1, -0.05) is 41.2 Å². The Labute approximate surface area is 362 Å². The number of thioether (sulfide) groups is 1. The third-order valence-corrected chi connectivity index (χ3v) is 17.9. The van der Waals surface area contributed by atoms with Crippen LogP contribution in [0.3, 0.4) is 0 Å². The number of aromatic nitrogens is 6. The van der Waals surface area contributed by atoms with Crippen molar-refractivity contribution in [2.24, 2.45) is 0 Å². The van der Waals surface area contributed by atoms with Gasteiger partial charge in [0.25, 0.3) is 16.7 Å². The standard InChI is InChI=1S/C18H20Br2N4O8S2.C14H23BrN2O4SSi/c19-7-3-23(17(29)21-15(7)27)13-1-11(9(5-25)31-13)33-34-12-2-14(32-10(12)6-26)24-4-8(20)16(28)22-18(24)30;1-23(2,3)5-4-22-11-6-12(21-10(11)8-18)17-7-9(15)13(19)16-14(17)20/h3-4,9-14,25-26H,1-2,5-6H2,(H,21,27,29)(H,22,28,30);7,10-12,18H,4-6,8H2,1-3H3,(H,16,19,20)/t9-,10-,11-,12-,13-,14-;10-,11-,12-/m11/s1. The molecule has 0 saturated carbocycles. The first-order valence-electron chi connectivity index (χ1n) is 17.7. The number of hydrogen-bond donors (Lipinski definition) is 6. The largest absolute Gasteiger partial charge is 0.394 e. The van der Waals surface area contributed by atoms with Crippen molar-refractivity contribution in [2.45, 2.75) is 97.7 Å². The lowest BCUT2D eigenvalue weighted by atomic mass is 10.2. The van der Waals surface area contributed by atoms with E-state index in [1.54, 1.807) is 11.8 Å². The van der Waals surface area contributed by atoms with Crippen LogP contribution < -0.4 is 33.7 Å².